The summed E-state index contributed by atoms with van der Waals surface area (Å²) in [6, 6.07) is 98.9. The lowest BCUT2D eigenvalue weighted by atomic mass is 9.98. The van der Waals surface area contributed by atoms with E-state index < -0.39 is 0 Å². The molecule has 8 aromatic heterocycles. The summed E-state index contributed by atoms with van der Waals surface area (Å²) in [6.45, 7) is 0. The van der Waals surface area contributed by atoms with Gasteiger partial charge in [-0.25, -0.2) is 29.9 Å². The minimum atomic E-state index is 0.854. The molecule has 9 aromatic carbocycles. The average molecular weight is 1120 g/mol. The minimum absolute atomic E-state index is 0.854. The van der Waals surface area contributed by atoms with Crippen molar-refractivity contribution >= 4 is 76.2 Å². The van der Waals surface area contributed by atoms with Crippen molar-refractivity contribution in [3.05, 3.63) is 304 Å². The summed E-state index contributed by atoms with van der Waals surface area (Å²) in [5, 5.41) is 8.90. The highest BCUT2D eigenvalue weighted by Gasteiger charge is 2.13. The van der Waals surface area contributed by atoms with E-state index in [4.69, 9.17) is 29.9 Å². The molecule has 0 aliphatic heterocycles. The molecule has 17 aromatic rings. The van der Waals surface area contributed by atoms with Crippen molar-refractivity contribution in [1.29, 1.82) is 0 Å². The molecule has 0 radical (unpaired) electrons. The number of hydrogen-bond donors (Lipinski definition) is 0. The summed E-state index contributed by atoms with van der Waals surface area (Å²) in [5.74, 6) is 0. The van der Waals surface area contributed by atoms with Crippen molar-refractivity contribution in [2.24, 2.45) is 0 Å². The van der Waals surface area contributed by atoms with Gasteiger partial charge in [-0.05, 0) is 130 Å². The monoisotopic (exact) mass is 1120 g/mol. The summed E-state index contributed by atoms with van der Waals surface area (Å²) in [4.78, 5) is 38.9. The molecule has 8 heteroatoms. The number of pyridine rings is 8. The molecule has 8 heterocycles. The fourth-order valence-electron chi connectivity index (χ4n) is 11.7. The predicted molar refractivity (Wildman–Crippen MR) is 361 cm³/mol. The van der Waals surface area contributed by atoms with Crippen molar-refractivity contribution in [1.82, 2.24) is 39.9 Å². The lowest BCUT2D eigenvalue weighted by Gasteiger charge is -2.10. The Hall–Kier alpha value is -12.0. The molecule has 0 fully saturated rings. The zero-order valence-corrected chi connectivity index (χ0v) is 47.4. The van der Waals surface area contributed by atoms with Crippen molar-refractivity contribution in [3.63, 3.8) is 0 Å². The Morgan fingerprint density at radius 2 is 0.534 bits per heavy atom. The number of fused-ring (bicyclic) bond motifs is 8. The Bertz CT molecular complexity index is 5390. The molecule has 0 saturated heterocycles. The third-order valence-corrected chi connectivity index (χ3v) is 16.4. The second kappa shape index (κ2) is 22.2. The molecule has 0 amide bonds. The molecule has 0 N–H and O–H groups in total. The van der Waals surface area contributed by atoms with Gasteiger partial charge in [0.2, 0.25) is 0 Å². The van der Waals surface area contributed by atoms with Crippen LogP contribution >= 0.6 is 0 Å². The summed E-state index contributed by atoms with van der Waals surface area (Å²) in [6.07, 6.45) is 5.41. The van der Waals surface area contributed by atoms with Crippen LogP contribution in [0.25, 0.3) is 166 Å². The zero-order chi connectivity index (χ0) is 58.3. The smallest absolute Gasteiger partial charge is 0.0972 e. The van der Waals surface area contributed by atoms with Crippen LogP contribution in [-0.2, 0) is 0 Å². The first-order chi connectivity index (χ1) is 43.5. The van der Waals surface area contributed by atoms with E-state index in [-0.39, 0.29) is 0 Å². The molecule has 410 valence electrons. The Labute approximate surface area is 506 Å². The molecular formula is C80H50N8. The van der Waals surface area contributed by atoms with Gasteiger partial charge in [0, 0.05) is 78.7 Å². The first-order valence-corrected chi connectivity index (χ1v) is 29.3. The molecular weight excluding hydrogens is 1070 g/mol. The van der Waals surface area contributed by atoms with Gasteiger partial charge in [0.1, 0.15) is 0 Å². The van der Waals surface area contributed by atoms with Gasteiger partial charge < -0.3 is 0 Å². The van der Waals surface area contributed by atoms with Gasteiger partial charge >= 0.3 is 0 Å². The van der Waals surface area contributed by atoms with Crippen molar-refractivity contribution < 1.29 is 0 Å². The lowest BCUT2D eigenvalue weighted by Crippen LogP contribution is -1.91. The Balaban J connectivity index is 0.000000165. The first kappa shape index (κ1) is 51.6. The van der Waals surface area contributed by atoms with Gasteiger partial charge in [0.15, 0.2) is 0 Å². The van der Waals surface area contributed by atoms with E-state index in [9.17, 15) is 0 Å². The molecule has 0 spiro atoms. The average Bonchev–Trinajstić information content (AvgIpc) is 2.22. The maximum absolute atomic E-state index is 5.19. The van der Waals surface area contributed by atoms with Crippen LogP contribution < -0.4 is 0 Å². The number of hydrogen-bond acceptors (Lipinski definition) is 8. The molecule has 0 aliphatic carbocycles. The van der Waals surface area contributed by atoms with Crippen LogP contribution in [0, 0.1) is 0 Å². The van der Waals surface area contributed by atoms with Crippen LogP contribution in [0.15, 0.2) is 304 Å². The van der Waals surface area contributed by atoms with Crippen molar-refractivity contribution in [3.8, 4) is 89.9 Å². The SMILES string of the molecule is c1ccc(-c2ccc3ccc(-c4ccc5ccc(-c6cccnc6)nc5c4)nc3c2)cc1.c1ccc(-c2ccc3ccc4ccc(-c5ccc6cc(-c7ccc8ccc(-c9ccc%10ccc(-c%11ccccn%11)nc%10c9)nc8c7)ccc6c5)nc4c3n2)cc1. The topological polar surface area (TPSA) is 103 Å². The molecule has 17 rings (SSSR count). The largest absolute Gasteiger partial charge is 0.264 e. The summed E-state index contributed by atoms with van der Waals surface area (Å²) in [5.41, 5.74) is 21.9. The van der Waals surface area contributed by atoms with Crippen molar-refractivity contribution in [2.75, 3.05) is 0 Å². The molecule has 0 unspecified atom stereocenters. The van der Waals surface area contributed by atoms with Gasteiger partial charge in [-0.2, -0.15) is 0 Å². The normalized spacial score (nSPS) is 11.4. The van der Waals surface area contributed by atoms with Crippen molar-refractivity contribution in [2.45, 2.75) is 0 Å². The summed E-state index contributed by atoms with van der Waals surface area (Å²) >= 11 is 0. The van der Waals surface area contributed by atoms with E-state index in [0.29, 0.717) is 0 Å². The standard InChI is InChI=1S/C51H31N5.C29H19N3/c1-2-6-32(7-3-1)43-24-21-35-11-12-36-22-25-45(56-51(36)50(35)55-43)41-18-16-37-28-38(14-15-39(37)29-41)40-13-9-33-19-23-44(53-48(33)30-40)42-17-10-34-20-26-47(54-49(34)31-42)46-8-4-5-27-52-46;1-2-5-20(6-3-1)23-10-8-21-12-14-26(31-28(21)17-23)24-11-9-22-13-15-27(32-29(22)18-24)25-7-4-16-30-19-25/h1-31H;1-19H. The van der Waals surface area contributed by atoms with Gasteiger partial charge in [-0.15, -0.1) is 0 Å². The van der Waals surface area contributed by atoms with E-state index in [1.807, 2.05) is 72.9 Å². The summed E-state index contributed by atoms with van der Waals surface area (Å²) in [7, 11) is 0. The van der Waals surface area contributed by atoms with E-state index in [0.717, 1.165) is 150 Å². The van der Waals surface area contributed by atoms with E-state index >= 15 is 0 Å². The number of nitrogens with zero attached hydrogens (tertiary/aromatic N) is 8. The number of aromatic nitrogens is 8. The maximum Gasteiger partial charge on any atom is 0.0972 e. The Morgan fingerprint density at radius 3 is 1.05 bits per heavy atom. The first-order valence-electron chi connectivity index (χ1n) is 29.3. The van der Waals surface area contributed by atoms with E-state index in [1.54, 1.807) is 12.4 Å². The lowest BCUT2D eigenvalue weighted by molar-refractivity contribution is 1.28. The maximum atomic E-state index is 5.19. The fourth-order valence-corrected chi connectivity index (χ4v) is 11.7. The van der Waals surface area contributed by atoms with Gasteiger partial charge in [-0.1, -0.05) is 188 Å². The predicted octanol–water partition coefficient (Wildman–Crippen LogP) is 19.9. The zero-order valence-electron chi connectivity index (χ0n) is 47.4. The fraction of sp³-hybridized carbons (Fsp3) is 0. The molecule has 88 heavy (non-hydrogen) atoms. The van der Waals surface area contributed by atoms with E-state index in [2.05, 4.69) is 228 Å². The number of rotatable bonds is 8. The third kappa shape index (κ3) is 10.2. The second-order valence-electron chi connectivity index (χ2n) is 22.0. The highest BCUT2D eigenvalue weighted by Crippen LogP contribution is 2.35. The van der Waals surface area contributed by atoms with Crippen LogP contribution in [0.2, 0.25) is 0 Å². The highest BCUT2D eigenvalue weighted by atomic mass is 14.8. The molecule has 0 aliphatic rings. The van der Waals surface area contributed by atoms with Crippen LogP contribution in [0.4, 0.5) is 0 Å². The Morgan fingerprint density at radius 1 is 0.182 bits per heavy atom. The minimum Gasteiger partial charge on any atom is -0.264 e. The highest BCUT2D eigenvalue weighted by molar-refractivity contribution is 6.04. The van der Waals surface area contributed by atoms with Gasteiger partial charge in [0.05, 0.1) is 73.0 Å². The Kier molecular flexibility index (Phi) is 13.0. The molecule has 0 atom stereocenters. The molecule has 8 nitrogen and oxygen atoms in total. The van der Waals surface area contributed by atoms with Gasteiger partial charge in [-0.3, -0.25) is 9.97 Å². The van der Waals surface area contributed by atoms with Crippen LogP contribution in [0.1, 0.15) is 0 Å². The second-order valence-corrected chi connectivity index (χ2v) is 22.0. The molecule has 0 saturated carbocycles. The molecule has 0 bridgehead atoms. The van der Waals surface area contributed by atoms with E-state index in [1.165, 1.54) is 16.5 Å². The van der Waals surface area contributed by atoms with Crippen LogP contribution in [0.3, 0.4) is 0 Å². The third-order valence-electron chi connectivity index (χ3n) is 16.4. The van der Waals surface area contributed by atoms with Crippen LogP contribution in [0.5, 0.6) is 0 Å². The van der Waals surface area contributed by atoms with Gasteiger partial charge in [0.25, 0.3) is 0 Å². The van der Waals surface area contributed by atoms with Crippen LogP contribution in [-0.4, -0.2) is 39.9 Å². The summed E-state index contributed by atoms with van der Waals surface area (Å²) < 4.78 is 0. The quantitative estimate of drug-likeness (QED) is 0.139. The number of benzene rings is 9.